The Balaban J connectivity index is 2.16. The Hall–Kier alpha value is -2.07. The van der Waals surface area contributed by atoms with Gasteiger partial charge >= 0.3 is 0 Å². The second kappa shape index (κ2) is 6.58. The largest absolute Gasteiger partial charge is 0.493 e. The van der Waals surface area contributed by atoms with Crippen LogP contribution in [0.3, 0.4) is 0 Å². The minimum absolute atomic E-state index is 0.0461. The second-order valence-electron chi connectivity index (χ2n) is 8.61. The lowest BCUT2D eigenvalue weighted by Crippen LogP contribution is -2.25. The molecule has 0 aliphatic rings. The van der Waals surface area contributed by atoms with Crippen LogP contribution in [0, 0.1) is 5.41 Å². The summed E-state index contributed by atoms with van der Waals surface area (Å²) in [7, 11) is 1.62. The molecular weight excluding hydrogens is 346 g/mol. The van der Waals surface area contributed by atoms with Gasteiger partial charge in [0.25, 0.3) is 0 Å². The van der Waals surface area contributed by atoms with Crippen LogP contribution in [0.25, 0.3) is 16.7 Å². The molecule has 138 valence electrons. The molecule has 0 aliphatic carbocycles. The van der Waals surface area contributed by atoms with Gasteiger partial charge in [-0.15, -0.1) is 15.0 Å². The molecule has 0 spiro atoms. The summed E-state index contributed by atoms with van der Waals surface area (Å²) in [6.07, 6.45) is 1.02. The zero-order chi connectivity index (χ0) is 19.1. The lowest BCUT2D eigenvalue weighted by atomic mass is 9.72. The highest BCUT2D eigenvalue weighted by atomic mass is 35.5. The van der Waals surface area contributed by atoms with Crippen LogP contribution in [0.2, 0.25) is 5.02 Å². The van der Waals surface area contributed by atoms with Crippen molar-refractivity contribution in [3.63, 3.8) is 0 Å². The van der Waals surface area contributed by atoms with Crippen molar-refractivity contribution in [3.05, 3.63) is 47.0 Å². The van der Waals surface area contributed by atoms with Gasteiger partial charge in [-0.25, -0.2) is 0 Å². The summed E-state index contributed by atoms with van der Waals surface area (Å²) < 4.78 is 5.56. The van der Waals surface area contributed by atoms with Crippen molar-refractivity contribution < 1.29 is 4.74 Å². The van der Waals surface area contributed by atoms with E-state index in [1.54, 1.807) is 11.9 Å². The molecule has 0 fully saturated rings. The molecule has 26 heavy (non-hydrogen) atoms. The summed E-state index contributed by atoms with van der Waals surface area (Å²) in [6, 6.07) is 11.9. The van der Waals surface area contributed by atoms with Crippen molar-refractivity contribution in [3.8, 4) is 11.4 Å². The summed E-state index contributed by atoms with van der Waals surface area (Å²) in [5.74, 6) is 0.585. The molecule has 5 heteroatoms. The molecule has 3 rings (SSSR count). The summed E-state index contributed by atoms with van der Waals surface area (Å²) >= 11 is 6.57. The van der Waals surface area contributed by atoms with Gasteiger partial charge in [0.15, 0.2) is 5.75 Å². The first-order chi connectivity index (χ1) is 12.1. The Morgan fingerprint density at radius 3 is 2.08 bits per heavy atom. The number of benzene rings is 2. The predicted molar refractivity (Wildman–Crippen MR) is 108 cm³/mol. The van der Waals surface area contributed by atoms with Crippen molar-refractivity contribution in [1.82, 2.24) is 15.0 Å². The molecule has 3 aromatic rings. The van der Waals surface area contributed by atoms with Crippen LogP contribution >= 0.6 is 11.6 Å². The Morgan fingerprint density at radius 1 is 1.00 bits per heavy atom. The lowest BCUT2D eigenvalue weighted by Gasteiger charge is -2.33. The van der Waals surface area contributed by atoms with E-state index in [1.165, 1.54) is 0 Å². The van der Waals surface area contributed by atoms with Crippen LogP contribution in [0.15, 0.2) is 36.4 Å². The van der Waals surface area contributed by atoms with E-state index in [4.69, 9.17) is 16.3 Å². The Labute approximate surface area is 160 Å². The molecule has 0 aliphatic heterocycles. The molecule has 0 amide bonds. The summed E-state index contributed by atoms with van der Waals surface area (Å²) in [5.41, 5.74) is 3.74. The van der Waals surface area contributed by atoms with Crippen LogP contribution in [0.5, 0.6) is 5.75 Å². The normalized spacial score (nSPS) is 12.6. The lowest BCUT2D eigenvalue weighted by molar-refractivity contribution is 0.284. The molecule has 1 aromatic heterocycles. The van der Waals surface area contributed by atoms with Crippen LogP contribution in [0.1, 0.15) is 46.6 Å². The Morgan fingerprint density at radius 2 is 1.58 bits per heavy atom. The molecule has 1 heterocycles. The number of rotatable bonds is 4. The molecule has 0 atom stereocenters. The first-order valence-electron chi connectivity index (χ1n) is 8.81. The Kier molecular flexibility index (Phi) is 4.74. The topological polar surface area (TPSA) is 39.9 Å². The van der Waals surface area contributed by atoms with Crippen molar-refractivity contribution in [2.45, 2.75) is 46.5 Å². The van der Waals surface area contributed by atoms with E-state index in [0.717, 1.165) is 28.7 Å². The van der Waals surface area contributed by atoms with E-state index in [0.29, 0.717) is 10.8 Å². The van der Waals surface area contributed by atoms with E-state index in [9.17, 15) is 0 Å². The molecule has 0 saturated heterocycles. The number of halogens is 1. The van der Waals surface area contributed by atoms with E-state index < -0.39 is 0 Å². The van der Waals surface area contributed by atoms with Crippen molar-refractivity contribution in [2.75, 3.05) is 7.11 Å². The molecule has 0 saturated carbocycles. The average molecular weight is 372 g/mol. The number of hydrogen-bond donors (Lipinski definition) is 0. The first-order valence-corrected chi connectivity index (χ1v) is 9.19. The number of fused-ring (bicyclic) bond motifs is 1. The molecule has 4 nitrogen and oxygen atoms in total. The zero-order valence-corrected chi connectivity index (χ0v) is 17.1. The van der Waals surface area contributed by atoms with Crippen LogP contribution < -0.4 is 4.74 Å². The third-order valence-electron chi connectivity index (χ3n) is 4.48. The third-order valence-corrected chi connectivity index (χ3v) is 4.76. The third kappa shape index (κ3) is 3.70. The van der Waals surface area contributed by atoms with Crippen molar-refractivity contribution >= 4 is 22.6 Å². The maximum atomic E-state index is 6.57. The quantitative estimate of drug-likeness (QED) is 0.582. The molecule has 0 N–H and O–H groups in total. The maximum Gasteiger partial charge on any atom is 0.164 e. The average Bonchev–Trinajstić information content (AvgIpc) is 2.95. The van der Waals surface area contributed by atoms with Gasteiger partial charge < -0.3 is 4.74 Å². The Bertz CT molecular complexity index is 905. The fraction of sp³-hybridized carbons (Fsp3) is 0.429. The highest BCUT2D eigenvalue weighted by molar-refractivity contribution is 6.32. The standard InChI is InChI=1S/C21H26ClN3O/c1-20(2,3)13-21(4,5)14-11-15(22)19(26-6)18(12-14)25-23-16-9-7-8-10-17(16)24-25/h7-12H,13H2,1-6H3. The minimum Gasteiger partial charge on any atom is -0.493 e. The highest BCUT2D eigenvalue weighted by Crippen LogP contribution is 2.41. The van der Waals surface area contributed by atoms with E-state index >= 15 is 0 Å². The highest BCUT2D eigenvalue weighted by Gasteiger charge is 2.29. The predicted octanol–water partition coefficient (Wildman–Crippen LogP) is 5.80. The molecule has 2 aromatic carbocycles. The molecule has 0 bridgehead atoms. The SMILES string of the molecule is COc1c(Cl)cc(C(C)(C)CC(C)(C)C)cc1-n1nc2ccccc2n1. The fourth-order valence-electron chi connectivity index (χ4n) is 3.72. The number of aromatic nitrogens is 3. The van der Waals surface area contributed by atoms with Crippen LogP contribution in [0.4, 0.5) is 0 Å². The van der Waals surface area contributed by atoms with Gasteiger partial charge in [0, 0.05) is 0 Å². The van der Waals surface area contributed by atoms with Gasteiger partial charge in [-0.3, -0.25) is 0 Å². The number of nitrogens with zero attached hydrogens (tertiary/aromatic N) is 3. The maximum absolute atomic E-state index is 6.57. The number of ether oxygens (including phenoxy) is 1. The van der Waals surface area contributed by atoms with Crippen LogP contribution in [-0.4, -0.2) is 22.1 Å². The minimum atomic E-state index is -0.0461. The van der Waals surface area contributed by atoms with Gasteiger partial charge in [0.1, 0.15) is 16.7 Å². The number of methoxy groups -OCH3 is 1. The van der Waals surface area contributed by atoms with Crippen molar-refractivity contribution in [2.24, 2.45) is 5.41 Å². The van der Waals surface area contributed by atoms with Gasteiger partial charge in [0.2, 0.25) is 0 Å². The molecule has 0 unspecified atom stereocenters. The smallest absolute Gasteiger partial charge is 0.164 e. The molecule has 0 radical (unpaired) electrons. The molecular formula is C21H26ClN3O. The second-order valence-corrected chi connectivity index (χ2v) is 9.02. The van der Waals surface area contributed by atoms with Gasteiger partial charge in [-0.05, 0) is 47.1 Å². The fourth-order valence-corrected chi connectivity index (χ4v) is 4.01. The van der Waals surface area contributed by atoms with Gasteiger partial charge in [0.05, 0.1) is 12.1 Å². The summed E-state index contributed by atoms with van der Waals surface area (Å²) in [5, 5.41) is 9.77. The van der Waals surface area contributed by atoms with Crippen molar-refractivity contribution in [1.29, 1.82) is 0 Å². The van der Waals surface area contributed by atoms with E-state index in [-0.39, 0.29) is 10.8 Å². The number of hydrogen-bond acceptors (Lipinski definition) is 3. The van der Waals surface area contributed by atoms with Gasteiger partial charge in [-0.2, -0.15) is 0 Å². The zero-order valence-electron chi connectivity index (χ0n) is 16.3. The van der Waals surface area contributed by atoms with E-state index in [1.807, 2.05) is 30.3 Å². The summed E-state index contributed by atoms with van der Waals surface area (Å²) in [6.45, 7) is 11.2. The summed E-state index contributed by atoms with van der Waals surface area (Å²) in [4.78, 5) is 1.62. The van der Waals surface area contributed by atoms with Crippen LogP contribution in [-0.2, 0) is 5.41 Å². The first kappa shape index (κ1) is 18.7. The monoisotopic (exact) mass is 371 g/mol. The van der Waals surface area contributed by atoms with Gasteiger partial charge in [-0.1, -0.05) is 58.4 Å². The van der Waals surface area contributed by atoms with E-state index in [2.05, 4.69) is 50.9 Å².